The van der Waals surface area contributed by atoms with E-state index in [0.717, 1.165) is 30.5 Å². The topological polar surface area (TPSA) is 736 Å². The molecule has 1 fully saturated rings. The fraction of sp³-hybridized carbons (Fsp3) is 0.522. The number of imide groups is 1. The van der Waals surface area contributed by atoms with Gasteiger partial charge in [-0.3, -0.25) is 101 Å². The number of nitrogens with two attached hydrogens (primary N) is 1. The smallest absolute Gasteiger partial charge is 0.305 e. The third-order valence-electron chi connectivity index (χ3n) is 22.7. The Labute approximate surface area is 792 Å². The van der Waals surface area contributed by atoms with E-state index in [1.54, 1.807) is 70.2 Å². The fourth-order valence-corrected chi connectivity index (χ4v) is 15.6. The van der Waals surface area contributed by atoms with Crippen LogP contribution in [0.3, 0.4) is 0 Å². The molecule has 2 aliphatic rings. The number of phenols is 2. The zero-order valence-electron chi connectivity index (χ0n) is 76.7. The molecular weight excluding hydrogens is 1820 g/mol. The molecular formula is C90H125N17O29S. The molecule has 0 aromatic heterocycles. The van der Waals surface area contributed by atoms with E-state index in [-0.39, 0.29) is 73.9 Å². The minimum Gasteiger partial charge on any atom is -0.508 e. The Bertz CT molecular complexity index is 4840. The lowest BCUT2D eigenvalue weighted by atomic mass is 9.81. The van der Waals surface area contributed by atoms with E-state index in [9.17, 15) is 142 Å². The summed E-state index contributed by atoms with van der Waals surface area (Å²) in [7, 11) is 0. The molecule has 46 nitrogen and oxygen atoms in total. The average molecular weight is 1940 g/mol. The molecule has 17 atom stereocenters. The Kier molecular flexibility index (Phi) is 45.2. The van der Waals surface area contributed by atoms with E-state index in [0.29, 0.717) is 48.1 Å². The molecule has 27 N–H and O–H groups in total. The van der Waals surface area contributed by atoms with Crippen molar-refractivity contribution in [1.82, 2.24) is 84.7 Å². The van der Waals surface area contributed by atoms with Gasteiger partial charge in [-0.15, -0.1) is 0 Å². The Balaban J connectivity index is 1.15. The highest BCUT2D eigenvalue weighted by molar-refractivity contribution is 8.14. The second-order valence-corrected chi connectivity index (χ2v) is 35.0. The number of carbonyl (C=O) groups excluding carboxylic acids is 16. The summed E-state index contributed by atoms with van der Waals surface area (Å²) in [5.41, 5.74) is 6.00. The van der Waals surface area contributed by atoms with Crippen LogP contribution in [0, 0.1) is 17.3 Å². The summed E-state index contributed by atoms with van der Waals surface area (Å²) in [6.07, 6.45) is -8.68. The molecule has 0 spiro atoms. The maximum Gasteiger partial charge on any atom is 0.305 e. The minimum absolute atomic E-state index is 0.0820. The first-order chi connectivity index (χ1) is 64.8. The van der Waals surface area contributed by atoms with Crippen molar-refractivity contribution in [3.05, 3.63) is 131 Å². The predicted molar refractivity (Wildman–Crippen MR) is 488 cm³/mol. The molecule has 1 aliphatic heterocycles. The van der Waals surface area contributed by atoms with E-state index >= 15 is 0 Å². The summed E-state index contributed by atoms with van der Waals surface area (Å²) >= 11 is 0.784. The molecule has 4 aromatic rings. The number of fused-ring (bicyclic) bond motifs is 1. The van der Waals surface area contributed by atoms with Crippen molar-refractivity contribution in [3.8, 4) is 11.5 Å². The van der Waals surface area contributed by atoms with Crippen molar-refractivity contribution in [1.29, 1.82) is 0 Å². The first kappa shape index (κ1) is 112. The molecule has 750 valence electrons. The number of carboxylic acids is 3. The number of hydrogen-bond donors (Lipinski definition) is 26. The second kappa shape index (κ2) is 55.0. The van der Waals surface area contributed by atoms with Gasteiger partial charge in [0.2, 0.25) is 88.6 Å². The number of unbranched alkanes of at least 4 members (excludes halogenated alkanes) is 1. The number of aliphatic carboxylic acids is 3. The van der Waals surface area contributed by atoms with Gasteiger partial charge in [-0.1, -0.05) is 131 Å². The van der Waals surface area contributed by atoms with Crippen LogP contribution in [0.25, 0.3) is 0 Å². The van der Waals surface area contributed by atoms with Crippen LogP contribution in [0.15, 0.2) is 103 Å². The maximum absolute atomic E-state index is 14.7. The number of amides is 16. The third-order valence-corrected chi connectivity index (χ3v) is 23.5. The van der Waals surface area contributed by atoms with Gasteiger partial charge in [-0.25, -0.2) is 0 Å². The van der Waals surface area contributed by atoms with E-state index in [4.69, 9.17) is 5.73 Å². The number of nitrogens with one attached hydrogen (secondary N) is 15. The van der Waals surface area contributed by atoms with Crippen molar-refractivity contribution in [3.63, 3.8) is 0 Å². The van der Waals surface area contributed by atoms with Gasteiger partial charge >= 0.3 is 17.9 Å². The zero-order valence-corrected chi connectivity index (χ0v) is 77.5. The van der Waals surface area contributed by atoms with Crippen LogP contribution in [-0.2, 0) is 118 Å². The molecule has 0 saturated carbocycles. The molecule has 1 saturated heterocycles. The largest absolute Gasteiger partial charge is 0.508 e. The number of rotatable bonds is 58. The number of aliphatic hydroxyl groups excluding tert-OH is 5. The Hall–Kier alpha value is -13.3. The van der Waals surface area contributed by atoms with Crippen molar-refractivity contribution < 1.29 is 142 Å². The number of carbonyl (C=O) groups is 19. The number of hydrogen-bond acceptors (Lipinski definition) is 29. The van der Waals surface area contributed by atoms with Crippen molar-refractivity contribution in [2.45, 2.75) is 235 Å². The number of thioether (sulfide) groups is 1. The van der Waals surface area contributed by atoms with Gasteiger partial charge in [0.15, 0.2) is 0 Å². The van der Waals surface area contributed by atoms with Crippen LogP contribution in [0.5, 0.6) is 11.5 Å². The van der Waals surface area contributed by atoms with E-state index in [1.807, 2.05) is 0 Å². The Morgan fingerprint density at radius 3 is 1.31 bits per heavy atom. The minimum atomic E-state index is -2.24. The summed E-state index contributed by atoms with van der Waals surface area (Å²) < 4.78 is 0. The number of aromatic hydroxyl groups is 2. The monoisotopic (exact) mass is 1940 g/mol. The highest BCUT2D eigenvalue weighted by atomic mass is 32.2. The number of phenolic OH excluding ortho intramolecular Hbond substituents is 2. The molecule has 16 amide bonds. The van der Waals surface area contributed by atoms with Crippen molar-refractivity contribution in [2.24, 2.45) is 23.0 Å². The lowest BCUT2D eigenvalue weighted by Gasteiger charge is -2.35. The summed E-state index contributed by atoms with van der Waals surface area (Å²) in [4.78, 5) is 262. The van der Waals surface area contributed by atoms with Crippen LogP contribution in [0.4, 0.5) is 4.79 Å². The van der Waals surface area contributed by atoms with Crippen molar-refractivity contribution in [2.75, 3.05) is 45.1 Å². The summed E-state index contributed by atoms with van der Waals surface area (Å²) in [5, 5.41) is 141. The molecule has 4 aromatic carbocycles. The van der Waals surface area contributed by atoms with Gasteiger partial charge in [0.1, 0.15) is 84.2 Å². The van der Waals surface area contributed by atoms with E-state index in [1.165, 1.54) is 67.6 Å². The van der Waals surface area contributed by atoms with E-state index < -0.39 is 278 Å². The number of benzene rings is 4. The first-order valence-corrected chi connectivity index (χ1v) is 45.5. The predicted octanol–water partition coefficient (Wildman–Crippen LogP) is -5.27. The highest BCUT2D eigenvalue weighted by Crippen LogP contribution is 2.40. The quantitative estimate of drug-likeness (QED) is 0.0145. The molecule has 47 heteroatoms. The lowest BCUT2D eigenvalue weighted by Crippen LogP contribution is -2.63. The van der Waals surface area contributed by atoms with Crippen LogP contribution < -0.4 is 85.5 Å². The Morgan fingerprint density at radius 1 is 0.445 bits per heavy atom. The van der Waals surface area contributed by atoms with Gasteiger partial charge in [-0.2, -0.15) is 0 Å². The molecule has 1 aliphatic carbocycles. The number of carboxylic acid groups (broad SMARTS) is 3. The fourth-order valence-electron chi connectivity index (χ4n) is 14.8. The number of nitrogens with zero attached hydrogens (tertiary/aromatic N) is 1. The average Bonchev–Trinajstić information content (AvgIpc) is 1.61. The van der Waals surface area contributed by atoms with Gasteiger partial charge in [0.05, 0.1) is 62.0 Å². The van der Waals surface area contributed by atoms with Gasteiger partial charge in [0.25, 0.3) is 5.24 Å². The highest BCUT2D eigenvalue weighted by Gasteiger charge is 2.51. The molecule has 1 heterocycles. The van der Waals surface area contributed by atoms with Gasteiger partial charge in [0, 0.05) is 44.8 Å². The molecule has 0 bridgehead atoms. The van der Waals surface area contributed by atoms with Crippen LogP contribution in [0.2, 0.25) is 0 Å². The van der Waals surface area contributed by atoms with Gasteiger partial charge in [-0.05, 0) is 130 Å². The van der Waals surface area contributed by atoms with Crippen molar-refractivity contribution >= 4 is 124 Å². The molecule has 0 radical (unpaired) electrons. The number of aliphatic hydroxyl groups is 5. The molecule has 1 unspecified atom stereocenters. The first-order valence-electron chi connectivity index (χ1n) is 44.5. The lowest BCUT2D eigenvalue weighted by molar-refractivity contribution is -0.143. The second-order valence-electron chi connectivity index (χ2n) is 34.1. The summed E-state index contributed by atoms with van der Waals surface area (Å²) in [5.74, 6) is -23.0. The SMILES string of the molecule is CC[C@H](C)[C@H](NC(=O)[C@H](CO)NC(=O)[C@H](Cc1ccc(O)cc1)NC(=O)[C@H](CC(=O)O)NC(=O)[C@H](CO)NC(=O)[C@@H](NC(=O)[C@H](Cc1ccccc1)NC(=O)[C@@H](NC(=O)CNC(=O)[C@H](CCC(=O)O)NC(O)C1(C(=O)NCCN2C(=O)CSC2=O)Cc2ccccc2C1)[C@@H](C)O)[C@@H](C)O)C(=O)N[C@@H](Cc1ccc(O)cc1)C(=O)N[C@@H](CC(C)C)C(=O)N[C@@H](CC(=O)O)C(=O)N[C@H](C)CCCCN. The summed E-state index contributed by atoms with van der Waals surface area (Å²) in [6.45, 7) is 6.70. The van der Waals surface area contributed by atoms with Gasteiger partial charge < -0.3 is 131 Å². The van der Waals surface area contributed by atoms with E-state index in [2.05, 4.69) is 79.8 Å². The Morgan fingerprint density at radius 2 is 0.854 bits per heavy atom. The normalized spacial score (nSPS) is 16.4. The standard InChI is InChI=1S/C90H125N17O29S/c1-8-47(4)72(84(131)99-61(37-53-23-27-57(113)28-24-53)78(125)95-59(34-46(2)3)77(124)97-63(38-70(118)119)76(123)94-48(5)16-14-15-31-91)105-83(130)66(44-109)101-79(126)60(36-52-21-25-56(112)26-22-52)96-80(127)64(39-71(120)121)98-82(129)65(43-108)102-86(133)74(50(7)111)106-81(128)62(35-51-17-10-9-11-18-51)100-85(132)73(49(6)110)104-67(114)42-93-75(122)58(29-30-69(116)117)103-88(135)90(40-54-19-12-13-20-55(54)41-90)87(134)92-32-33-107-68(115)45-137-89(107)136/h9-13,17-28,46-50,58-66,72-74,88,103,108-113,135H,8,14-16,29-45,91H2,1-7H3,(H,92,134)(H,93,122)(H,94,123)(H,95,125)(H,96,127)(H,97,124)(H,98,129)(H,99,131)(H,100,132)(H,101,126)(H,102,133)(H,104,114)(H,105,130)(H,106,128)(H,116,117)(H,118,119)(H,120,121)/t47-,48+,49+,50+,58-,59-,60-,61-,62-,63-,64-,65-,66-,72-,73-,74-,88?/m0/s1. The maximum atomic E-state index is 14.7. The van der Waals surface area contributed by atoms with Crippen LogP contribution in [0.1, 0.15) is 134 Å². The third kappa shape index (κ3) is 35.7. The van der Waals surface area contributed by atoms with Crippen LogP contribution >= 0.6 is 11.8 Å². The summed E-state index contributed by atoms with van der Waals surface area (Å²) in [6, 6.07) is 2.29. The van der Waals surface area contributed by atoms with Crippen LogP contribution in [-0.4, -0.2) is 310 Å². The molecule has 137 heavy (non-hydrogen) atoms. The molecule has 6 rings (SSSR count). The zero-order chi connectivity index (χ0) is 102.